The highest BCUT2D eigenvalue weighted by molar-refractivity contribution is 5.83. The van der Waals surface area contributed by atoms with Crippen LogP contribution in [0, 0.1) is 13.8 Å². The van der Waals surface area contributed by atoms with Gasteiger partial charge in [0.25, 0.3) is 0 Å². The second kappa shape index (κ2) is 13.2. The molecule has 0 saturated heterocycles. The van der Waals surface area contributed by atoms with E-state index in [0.29, 0.717) is 0 Å². The number of benzene rings is 6. The van der Waals surface area contributed by atoms with Gasteiger partial charge in [-0.25, -0.2) is 0 Å². The lowest BCUT2D eigenvalue weighted by Crippen LogP contribution is -2.15. The predicted octanol–water partition coefficient (Wildman–Crippen LogP) is 12.7. The molecule has 0 atom stereocenters. The van der Waals surface area contributed by atoms with Crippen molar-refractivity contribution in [3.63, 3.8) is 0 Å². The number of nitrogens with zero attached hydrogens (tertiary/aromatic N) is 2. The molecule has 0 bridgehead atoms. The lowest BCUT2D eigenvalue weighted by Gasteiger charge is -2.31. The summed E-state index contributed by atoms with van der Waals surface area (Å²) in [5.74, 6) is 0. The van der Waals surface area contributed by atoms with Crippen LogP contribution in [0.15, 0.2) is 133 Å². The maximum absolute atomic E-state index is 2.45. The van der Waals surface area contributed by atoms with Crippen LogP contribution in [0.25, 0.3) is 11.1 Å². The molecule has 48 heavy (non-hydrogen) atoms. The summed E-state index contributed by atoms with van der Waals surface area (Å²) < 4.78 is 0. The van der Waals surface area contributed by atoms with Crippen molar-refractivity contribution in [2.75, 3.05) is 9.80 Å². The quantitative estimate of drug-likeness (QED) is 0.174. The molecule has 0 heterocycles. The van der Waals surface area contributed by atoms with Crippen LogP contribution in [0.3, 0.4) is 0 Å². The average molecular weight is 625 g/mol. The van der Waals surface area contributed by atoms with E-state index in [1.807, 2.05) is 0 Å². The number of fused-ring (bicyclic) bond motifs is 2. The van der Waals surface area contributed by atoms with Crippen LogP contribution in [0.5, 0.6) is 0 Å². The summed E-state index contributed by atoms with van der Waals surface area (Å²) >= 11 is 0. The summed E-state index contributed by atoms with van der Waals surface area (Å²) in [6.07, 6.45) is 9.72. The van der Waals surface area contributed by atoms with Gasteiger partial charge in [0.15, 0.2) is 0 Å². The van der Waals surface area contributed by atoms with E-state index >= 15 is 0 Å². The first kappa shape index (κ1) is 30.3. The Morgan fingerprint density at radius 2 is 0.688 bits per heavy atom. The van der Waals surface area contributed by atoms with Crippen molar-refractivity contribution < 1.29 is 0 Å². The first-order valence-electron chi connectivity index (χ1n) is 17.8. The fourth-order valence-electron chi connectivity index (χ4n) is 7.79. The topological polar surface area (TPSA) is 6.48 Å². The molecule has 2 aliphatic carbocycles. The maximum atomic E-state index is 2.45. The molecule has 6 aromatic carbocycles. The van der Waals surface area contributed by atoms with Gasteiger partial charge in [0.2, 0.25) is 0 Å². The number of anilines is 6. The highest BCUT2D eigenvalue weighted by atomic mass is 15.1. The zero-order valence-corrected chi connectivity index (χ0v) is 28.3. The van der Waals surface area contributed by atoms with Gasteiger partial charge >= 0.3 is 0 Å². The van der Waals surface area contributed by atoms with Crippen molar-refractivity contribution in [3.05, 3.63) is 167 Å². The molecular weight excluding hydrogens is 581 g/mol. The first-order valence-corrected chi connectivity index (χ1v) is 17.8. The molecule has 0 saturated carbocycles. The molecule has 0 aliphatic heterocycles. The van der Waals surface area contributed by atoms with E-state index in [0.717, 1.165) is 12.8 Å². The SMILES string of the molecule is Cc1ccc(N(c2ccc(-c3ccc(N(c4ccc(C)cc4)c4cccc5c4CCCC5)cc3)cc2)c2cccc3c2CCCC3)cc1. The van der Waals surface area contributed by atoms with Crippen molar-refractivity contribution in [2.24, 2.45) is 0 Å². The van der Waals surface area contributed by atoms with Crippen LogP contribution >= 0.6 is 0 Å². The molecule has 0 aromatic heterocycles. The van der Waals surface area contributed by atoms with Gasteiger partial charge in [-0.05, 0) is 159 Å². The summed E-state index contributed by atoms with van der Waals surface area (Å²) in [6.45, 7) is 4.32. The smallest absolute Gasteiger partial charge is 0.0496 e. The minimum Gasteiger partial charge on any atom is -0.310 e. The average Bonchev–Trinajstić information content (AvgIpc) is 3.14. The van der Waals surface area contributed by atoms with Gasteiger partial charge in [-0.2, -0.15) is 0 Å². The molecule has 2 heteroatoms. The van der Waals surface area contributed by atoms with Crippen molar-refractivity contribution in [2.45, 2.75) is 65.2 Å². The van der Waals surface area contributed by atoms with Crippen molar-refractivity contribution in [1.82, 2.24) is 0 Å². The summed E-state index contributed by atoms with van der Waals surface area (Å²) in [5, 5.41) is 0. The summed E-state index contributed by atoms with van der Waals surface area (Å²) in [6, 6.07) is 50.0. The molecule has 2 aliphatic rings. The van der Waals surface area contributed by atoms with Crippen LogP contribution in [0.1, 0.15) is 59.1 Å². The number of hydrogen-bond acceptors (Lipinski definition) is 2. The Morgan fingerprint density at radius 1 is 0.354 bits per heavy atom. The van der Waals surface area contributed by atoms with E-state index in [1.165, 1.54) is 117 Å². The summed E-state index contributed by atoms with van der Waals surface area (Å²) in [7, 11) is 0. The monoisotopic (exact) mass is 624 g/mol. The van der Waals surface area contributed by atoms with E-state index in [4.69, 9.17) is 0 Å². The second-order valence-electron chi connectivity index (χ2n) is 13.7. The number of aryl methyl sites for hydroxylation is 4. The summed E-state index contributed by atoms with van der Waals surface area (Å²) in [4.78, 5) is 4.91. The van der Waals surface area contributed by atoms with Gasteiger partial charge in [0.1, 0.15) is 0 Å². The standard InChI is InChI=1S/C46H44N2/c1-33-17-25-39(26-18-33)47(45-15-7-11-37-9-3-5-13-43(37)45)41-29-21-35(22-30-41)36-23-31-42(32-24-36)48(40-27-19-34(2)20-28-40)46-16-8-12-38-10-4-6-14-44(38)46/h7-8,11-12,15-32H,3-6,9-10,13-14H2,1-2H3. The van der Waals surface area contributed by atoms with Crippen molar-refractivity contribution in [1.29, 1.82) is 0 Å². The van der Waals surface area contributed by atoms with Gasteiger partial charge in [0, 0.05) is 34.1 Å². The molecule has 6 aromatic rings. The van der Waals surface area contributed by atoms with Crippen LogP contribution < -0.4 is 9.80 Å². The molecule has 0 amide bonds. The van der Waals surface area contributed by atoms with Crippen molar-refractivity contribution in [3.8, 4) is 11.1 Å². The zero-order valence-electron chi connectivity index (χ0n) is 28.3. The van der Waals surface area contributed by atoms with Crippen LogP contribution in [-0.2, 0) is 25.7 Å². The van der Waals surface area contributed by atoms with E-state index in [9.17, 15) is 0 Å². The largest absolute Gasteiger partial charge is 0.310 e. The predicted molar refractivity (Wildman–Crippen MR) is 204 cm³/mol. The molecular formula is C46H44N2. The van der Waals surface area contributed by atoms with Gasteiger partial charge in [-0.15, -0.1) is 0 Å². The van der Waals surface area contributed by atoms with E-state index in [2.05, 4.69) is 157 Å². The fourth-order valence-corrected chi connectivity index (χ4v) is 7.79. The Bertz CT molecular complexity index is 1870. The molecule has 0 spiro atoms. The van der Waals surface area contributed by atoms with Crippen molar-refractivity contribution >= 4 is 34.1 Å². The second-order valence-corrected chi connectivity index (χ2v) is 13.7. The highest BCUT2D eigenvalue weighted by Crippen LogP contribution is 2.42. The Kier molecular flexibility index (Phi) is 8.32. The molecule has 0 fully saturated rings. The third-order valence-electron chi connectivity index (χ3n) is 10.4. The first-order chi connectivity index (χ1) is 23.6. The van der Waals surface area contributed by atoms with Gasteiger partial charge < -0.3 is 9.80 Å². The van der Waals surface area contributed by atoms with E-state index in [-0.39, 0.29) is 0 Å². The van der Waals surface area contributed by atoms with Gasteiger partial charge in [-0.3, -0.25) is 0 Å². The molecule has 0 unspecified atom stereocenters. The van der Waals surface area contributed by atoms with E-state index < -0.39 is 0 Å². The maximum Gasteiger partial charge on any atom is 0.0496 e. The van der Waals surface area contributed by atoms with Crippen LogP contribution in [0.4, 0.5) is 34.1 Å². The lowest BCUT2D eigenvalue weighted by molar-refractivity contribution is 0.686. The van der Waals surface area contributed by atoms with Gasteiger partial charge in [0.05, 0.1) is 0 Å². The fraction of sp³-hybridized carbons (Fsp3) is 0.217. The molecule has 238 valence electrons. The third kappa shape index (κ3) is 5.92. The minimum atomic E-state index is 1.14. The Labute approximate surface area is 286 Å². The minimum absolute atomic E-state index is 1.14. The zero-order chi connectivity index (χ0) is 32.5. The molecule has 8 rings (SSSR count). The van der Waals surface area contributed by atoms with Gasteiger partial charge in [-0.1, -0.05) is 83.9 Å². The van der Waals surface area contributed by atoms with E-state index in [1.54, 1.807) is 0 Å². The molecule has 2 nitrogen and oxygen atoms in total. The number of hydrogen-bond donors (Lipinski definition) is 0. The Hall–Kier alpha value is -5.08. The lowest BCUT2D eigenvalue weighted by atomic mass is 9.89. The van der Waals surface area contributed by atoms with Crippen LogP contribution in [-0.4, -0.2) is 0 Å². The normalized spacial score (nSPS) is 13.8. The summed E-state index contributed by atoms with van der Waals surface area (Å²) in [5.41, 5.74) is 18.4. The Morgan fingerprint density at radius 3 is 1.06 bits per heavy atom. The van der Waals surface area contributed by atoms with Crippen LogP contribution in [0.2, 0.25) is 0 Å². The third-order valence-corrected chi connectivity index (χ3v) is 10.4. The molecule has 0 N–H and O–H groups in total. The highest BCUT2D eigenvalue weighted by Gasteiger charge is 2.22. The Balaban J connectivity index is 1.14. The number of rotatable bonds is 7. The molecule has 0 radical (unpaired) electrons.